The minimum absolute atomic E-state index is 0.00898. The number of carbonyl (C=O) groups excluding carboxylic acids is 1. The number of nitrogens with zero attached hydrogens (tertiary/aromatic N) is 1. The van der Waals surface area contributed by atoms with Gasteiger partial charge < -0.3 is 4.84 Å². The highest BCUT2D eigenvalue weighted by Gasteiger charge is 1.98. The van der Waals surface area contributed by atoms with Crippen LogP contribution in [0.15, 0.2) is 5.16 Å². The Bertz CT molecular complexity index is 161. The maximum Gasteiger partial charge on any atom is 0.174 e. The van der Waals surface area contributed by atoms with Crippen LogP contribution >= 0.6 is 0 Å². The monoisotopic (exact) mass is 157 g/mol. The molecule has 0 aliphatic rings. The van der Waals surface area contributed by atoms with Gasteiger partial charge in [-0.15, -0.1) is 0 Å². The Morgan fingerprint density at radius 2 is 2.00 bits per heavy atom. The molecule has 0 aromatic carbocycles. The molecule has 0 rings (SSSR count). The molecular formula is C8H15NO2. The number of hydrogen-bond donors (Lipinski definition) is 0. The van der Waals surface area contributed by atoms with Crippen LogP contribution in [-0.2, 0) is 9.63 Å². The van der Waals surface area contributed by atoms with Crippen LogP contribution in [0.25, 0.3) is 0 Å². The van der Waals surface area contributed by atoms with E-state index in [0.29, 0.717) is 5.92 Å². The first kappa shape index (κ1) is 10.1. The van der Waals surface area contributed by atoms with Crippen molar-refractivity contribution in [3.8, 4) is 0 Å². The molecule has 11 heavy (non-hydrogen) atoms. The highest BCUT2D eigenvalue weighted by atomic mass is 16.6. The van der Waals surface area contributed by atoms with E-state index in [0.717, 1.165) is 5.71 Å². The molecule has 0 radical (unpaired) electrons. The lowest BCUT2D eigenvalue weighted by molar-refractivity contribution is -0.121. The van der Waals surface area contributed by atoms with Crippen molar-refractivity contribution < 1.29 is 9.63 Å². The van der Waals surface area contributed by atoms with Crippen molar-refractivity contribution in [1.29, 1.82) is 0 Å². The van der Waals surface area contributed by atoms with Gasteiger partial charge in [0, 0.05) is 0 Å². The van der Waals surface area contributed by atoms with E-state index in [4.69, 9.17) is 4.84 Å². The summed E-state index contributed by atoms with van der Waals surface area (Å²) in [4.78, 5) is 15.2. The predicted octanol–water partition coefficient (Wildman–Crippen LogP) is 1.62. The van der Waals surface area contributed by atoms with Gasteiger partial charge in [-0.2, -0.15) is 0 Å². The molecule has 3 nitrogen and oxygen atoms in total. The Hall–Kier alpha value is -0.860. The third-order valence-electron chi connectivity index (χ3n) is 1.31. The summed E-state index contributed by atoms with van der Waals surface area (Å²) in [5.74, 6) is 0.368. The van der Waals surface area contributed by atoms with Crippen molar-refractivity contribution in [1.82, 2.24) is 0 Å². The molecule has 0 saturated carbocycles. The summed E-state index contributed by atoms with van der Waals surface area (Å²) in [6, 6.07) is 0. The molecule has 0 saturated heterocycles. The molecule has 0 fully saturated rings. The lowest BCUT2D eigenvalue weighted by Gasteiger charge is -2.02. The smallest absolute Gasteiger partial charge is 0.174 e. The Kier molecular flexibility index (Phi) is 4.50. The van der Waals surface area contributed by atoms with Crippen molar-refractivity contribution in [3.63, 3.8) is 0 Å². The SMILES string of the molecule is CC(=O)CON=C(C)C(C)C. The normalized spacial score (nSPS) is 11.9. The second-order valence-corrected chi connectivity index (χ2v) is 2.86. The van der Waals surface area contributed by atoms with Crippen LogP contribution < -0.4 is 0 Å². The number of carbonyl (C=O) groups is 1. The van der Waals surface area contributed by atoms with E-state index in [1.54, 1.807) is 0 Å². The van der Waals surface area contributed by atoms with E-state index in [1.807, 2.05) is 20.8 Å². The van der Waals surface area contributed by atoms with Crippen molar-refractivity contribution in [2.24, 2.45) is 11.1 Å². The average molecular weight is 157 g/mol. The first-order chi connectivity index (χ1) is 5.04. The highest BCUT2D eigenvalue weighted by Crippen LogP contribution is 1.96. The van der Waals surface area contributed by atoms with Crippen molar-refractivity contribution in [2.75, 3.05) is 6.61 Å². The van der Waals surface area contributed by atoms with E-state index in [2.05, 4.69) is 5.16 Å². The first-order valence-electron chi connectivity index (χ1n) is 3.70. The van der Waals surface area contributed by atoms with Gasteiger partial charge in [-0.3, -0.25) is 4.79 Å². The van der Waals surface area contributed by atoms with Gasteiger partial charge in [0.05, 0.1) is 5.71 Å². The van der Waals surface area contributed by atoms with Gasteiger partial charge in [0.1, 0.15) is 0 Å². The molecular weight excluding hydrogens is 142 g/mol. The van der Waals surface area contributed by atoms with E-state index in [9.17, 15) is 4.79 Å². The maximum atomic E-state index is 10.4. The van der Waals surface area contributed by atoms with E-state index in [-0.39, 0.29) is 12.4 Å². The minimum Gasteiger partial charge on any atom is -0.388 e. The van der Waals surface area contributed by atoms with Crippen molar-refractivity contribution in [2.45, 2.75) is 27.7 Å². The second kappa shape index (κ2) is 4.88. The highest BCUT2D eigenvalue weighted by molar-refractivity contribution is 5.83. The van der Waals surface area contributed by atoms with Crippen LogP contribution in [0.3, 0.4) is 0 Å². The van der Waals surface area contributed by atoms with Crippen molar-refractivity contribution >= 4 is 11.5 Å². The van der Waals surface area contributed by atoms with Crippen LogP contribution in [0, 0.1) is 5.92 Å². The van der Waals surface area contributed by atoms with Crippen LogP contribution in [0.4, 0.5) is 0 Å². The third-order valence-corrected chi connectivity index (χ3v) is 1.31. The van der Waals surface area contributed by atoms with Gasteiger partial charge in [0.15, 0.2) is 12.4 Å². The zero-order chi connectivity index (χ0) is 8.85. The van der Waals surface area contributed by atoms with Crippen LogP contribution in [-0.4, -0.2) is 18.1 Å². The predicted molar refractivity (Wildman–Crippen MR) is 44.6 cm³/mol. The molecule has 0 amide bonds. The van der Waals surface area contributed by atoms with Gasteiger partial charge in [-0.05, 0) is 19.8 Å². The fourth-order valence-electron chi connectivity index (χ4n) is 0.330. The van der Waals surface area contributed by atoms with Gasteiger partial charge in [-0.1, -0.05) is 19.0 Å². The Morgan fingerprint density at radius 3 is 2.36 bits per heavy atom. The largest absolute Gasteiger partial charge is 0.388 e. The lowest BCUT2D eigenvalue weighted by atomic mass is 10.1. The molecule has 0 atom stereocenters. The van der Waals surface area contributed by atoms with Crippen LogP contribution in [0.5, 0.6) is 0 Å². The van der Waals surface area contributed by atoms with Crippen molar-refractivity contribution in [3.05, 3.63) is 0 Å². The van der Waals surface area contributed by atoms with E-state index >= 15 is 0 Å². The molecule has 0 aromatic heterocycles. The zero-order valence-electron chi connectivity index (χ0n) is 7.55. The molecule has 0 bridgehead atoms. The summed E-state index contributed by atoms with van der Waals surface area (Å²) < 4.78 is 0. The molecule has 0 N–H and O–H groups in total. The Morgan fingerprint density at radius 1 is 1.45 bits per heavy atom. The second-order valence-electron chi connectivity index (χ2n) is 2.86. The number of ketones is 1. The maximum absolute atomic E-state index is 10.4. The Balaban J connectivity index is 3.65. The van der Waals surface area contributed by atoms with Gasteiger partial charge in [0.25, 0.3) is 0 Å². The number of hydrogen-bond acceptors (Lipinski definition) is 3. The summed E-state index contributed by atoms with van der Waals surface area (Å²) in [5, 5.41) is 3.76. The molecule has 0 unspecified atom stereocenters. The first-order valence-corrected chi connectivity index (χ1v) is 3.70. The summed E-state index contributed by atoms with van der Waals surface area (Å²) in [6.45, 7) is 7.47. The molecule has 0 spiro atoms. The van der Waals surface area contributed by atoms with Gasteiger partial charge in [-0.25, -0.2) is 0 Å². The molecule has 0 heterocycles. The lowest BCUT2D eigenvalue weighted by Crippen LogP contribution is -2.05. The minimum atomic E-state index is -0.00898. The summed E-state index contributed by atoms with van der Waals surface area (Å²) in [5.41, 5.74) is 0.909. The summed E-state index contributed by atoms with van der Waals surface area (Å²) >= 11 is 0. The fourth-order valence-corrected chi connectivity index (χ4v) is 0.330. The summed E-state index contributed by atoms with van der Waals surface area (Å²) in [7, 11) is 0. The van der Waals surface area contributed by atoms with E-state index in [1.165, 1.54) is 6.92 Å². The molecule has 64 valence electrons. The number of rotatable bonds is 4. The topological polar surface area (TPSA) is 38.7 Å². The molecule has 0 aliphatic carbocycles. The zero-order valence-corrected chi connectivity index (χ0v) is 7.55. The molecule has 0 aromatic rings. The summed E-state index contributed by atoms with van der Waals surface area (Å²) in [6.07, 6.45) is 0. The molecule has 0 aliphatic heterocycles. The third kappa shape index (κ3) is 5.58. The number of oxime groups is 1. The fraction of sp³-hybridized carbons (Fsp3) is 0.750. The van der Waals surface area contributed by atoms with E-state index < -0.39 is 0 Å². The van der Waals surface area contributed by atoms with Crippen LogP contribution in [0.2, 0.25) is 0 Å². The quantitative estimate of drug-likeness (QED) is 0.459. The Labute approximate surface area is 67.4 Å². The molecule has 3 heteroatoms. The standard InChI is InChI=1S/C8H15NO2/c1-6(2)8(4)9-11-5-7(3)10/h6H,5H2,1-4H3. The average Bonchev–Trinajstić information content (AvgIpc) is 1.86. The van der Waals surface area contributed by atoms with Gasteiger partial charge >= 0.3 is 0 Å². The van der Waals surface area contributed by atoms with Gasteiger partial charge in [0.2, 0.25) is 0 Å². The number of Topliss-reactive ketones (excluding diaryl/α,β-unsaturated/α-hetero) is 1. The van der Waals surface area contributed by atoms with Crippen LogP contribution in [0.1, 0.15) is 27.7 Å².